The molecule has 0 bridgehead atoms. The lowest BCUT2D eigenvalue weighted by molar-refractivity contribution is -0.117. The van der Waals surface area contributed by atoms with Crippen LogP contribution in [0.15, 0.2) is 42.6 Å². The van der Waals surface area contributed by atoms with Crippen LogP contribution in [-0.2, 0) is 4.79 Å². The quantitative estimate of drug-likeness (QED) is 0.713. The lowest BCUT2D eigenvalue weighted by Crippen LogP contribution is -2.39. The van der Waals surface area contributed by atoms with Crippen LogP contribution >= 0.6 is 11.6 Å². The van der Waals surface area contributed by atoms with Crippen molar-refractivity contribution in [3.8, 4) is 5.75 Å². The highest BCUT2D eigenvalue weighted by molar-refractivity contribution is 6.31. The third-order valence-electron chi connectivity index (χ3n) is 5.10. The van der Waals surface area contributed by atoms with E-state index in [1.165, 1.54) is 0 Å². The molecule has 1 aliphatic heterocycles. The van der Waals surface area contributed by atoms with Gasteiger partial charge >= 0.3 is 0 Å². The zero-order valence-electron chi connectivity index (χ0n) is 15.6. The molecule has 146 valence electrons. The van der Waals surface area contributed by atoms with Gasteiger partial charge in [-0.15, -0.1) is 10.2 Å². The number of likely N-dealkylation sites (tertiary alicyclic amines) is 1. The number of hydrogen-bond donors (Lipinski definition) is 1. The van der Waals surface area contributed by atoms with Crippen molar-refractivity contribution in [1.29, 1.82) is 0 Å². The normalized spacial score (nSPS) is 15.6. The molecule has 1 N–H and O–H groups in total. The summed E-state index contributed by atoms with van der Waals surface area (Å²) in [6.45, 7) is 2.02. The first-order chi connectivity index (χ1) is 13.6. The van der Waals surface area contributed by atoms with Gasteiger partial charge in [0.25, 0.3) is 0 Å². The first kappa shape index (κ1) is 18.7. The zero-order valence-corrected chi connectivity index (χ0v) is 16.4. The van der Waals surface area contributed by atoms with E-state index in [1.54, 1.807) is 25.3 Å². The van der Waals surface area contributed by atoms with E-state index in [2.05, 4.69) is 24.8 Å². The molecule has 4 rings (SSSR count). The summed E-state index contributed by atoms with van der Waals surface area (Å²) in [6.07, 6.45) is 3.90. The molecule has 3 heterocycles. The molecule has 0 spiro atoms. The number of fused-ring (bicyclic) bond motifs is 1. The third kappa shape index (κ3) is 3.95. The van der Waals surface area contributed by atoms with Crippen molar-refractivity contribution in [1.82, 2.24) is 19.5 Å². The number of methoxy groups -OCH3 is 1. The molecular weight excluding hydrogens is 378 g/mol. The van der Waals surface area contributed by atoms with Crippen molar-refractivity contribution in [3.63, 3.8) is 0 Å². The van der Waals surface area contributed by atoms with Crippen LogP contribution in [0, 0.1) is 0 Å². The van der Waals surface area contributed by atoms with E-state index in [4.69, 9.17) is 16.3 Å². The number of carbonyl (C=O) groups is 1. The maximum Gasteiger partial charge on any atom is 0.238 e. The van der Waals surface area contributed by atoms with Gasteiger partial charge in [-0.25, -0.2) is 0 Å². The molecule has 1 amide bonds. The Morgan fingerprint density at radius 1 is 1.25 bits per heavy atom. The highest BCUT2D eigenvalue weighted by Gasteiger charge is 2.25. The van der Waals surface area contributed by atoms with Gasteiger partial charge in [0.15, 0.2) is 5.65 Å². The number of benzene rings is 1. The fourth-order valence-corrected chi connectivity index (χ4v) is 3.83. The number of piperidine rings is 1. The molecule has 28 heavy (non-hydrogen) atoms. The molecule has 0 radical (unpaired) electrons. The molecule has 1 aromatic carbocycles. The number of anilines is 1. The van der Waals surface area contributed by atoms with Crippen LogP contribution in [0.3, 0.4) is 0 Å². The Morgan fingerprint density at radius 2 is 2.07 bits per heavy atom. The van der Waals surface area contributed by atoms with Crippen LogP contribution < -0.4 is 10.1 Å². The van der Waals surface area contributed by atoms with Gasteiger partial charge in [-0.3, -0.25) is 14.1 Å². The predicted octanol–water partition coefficient (Wildman–Crippen LogP) is 3.21. The van der Waals surface area contributed by atoms with Crippen molar-refractivity contribution in [3.05, 3.63) is 53.4 Å². The minimum atomic E-state index is -0.0769. The van der Waals surface area contributed by atoms with Gasteiger partial charge < -0.3 is 10.1 Å². The molecule has 1 saturated heterocycles. The number of rotatable bonds is 5. The summed E-state index contributed by atoms with van der Waals surface area (Å²) >= 11 is 6.03. The van der Waals surface area contributed by atoms with Gasteiger partial charge in [-0.05, 0) is 56.3 Å². The SMILES string of the molecule is COc1ccc(Cl)cc1NC(=O)CN1CCC(c2nnc3ccccn23)CC1. The van der Waals surface area contributed by atoms with Gasteiger partial charge in [-0.1, -0.05) is 17.7 Å². The largest absolute Gasteiger partial charge is 0.495 e. The second-order valence-electron chi connectivity index (χ2n) is 6.93. The van der Waals surface area contributed by atoms with E-state index >= 15 is 0 Å². The van der Waals surface area contributed by atoms with Crippen molar-refractivity contribution in [2.75, 3.05) is 32.1 Å². The molecule has 0 saturated carbocycles. The summed E-state index contributed by atoms with van der Waals surface area (Å²) in [6, 6.07) is 11.1. The molecule has 3 aromatic rings. The summed E-state index contributed by atoms with van der Waals surface area (Å²) in [5.74, 6) is 1.87. The maximum absolute atomic E-state index is 12.5. The number of ether oxygens (including phenoxy) is 1. The topological polar surface area (TPSA) is 71.8 Å². The van der Waals surface area contributed by atoms with Gasteiger partial charge in [0.05, 0.1) is 19.3 Å². The fraction of sp³-hybridized carbons (Fsp3) is 0.350. The summed E-state index contributed by atoms with van der Waals surface area (Å²) < 4.78 is 7.33. The smallest absolute Gasteiger partial charge is 0.238 e. The average molecular weight is 400 g/mol. The second kappa shape index (κ2) is 8.16. The molecule has 2 aromatic heterocycles. The molecule has 0 atom stereocenters. The summed E-state index contributed by atoms with van der Waals surface area (Å²) in [5.41, 5.74) is 1.46. The fourth-order valence-electron chi connectivity index (χ4n) is 3.66. The minimum Gasteiger partial charge on any atom is -0.495 e. The van der Waals surface area contributed by atoms with Gasteiger partial charge in [0, 0.05) is 17.1 Å². The summed E-state index contributed by atoms with van der Waals surface area (Å²) in [4.78, 5) is 14.6. The molecule has 1 fully saturated rings. The second-order valence-corrected chi connectivity index (χ2v) is 7.37. The average Bonchev–Trinajstić information content (AvgIpc) is 3.13. The number of carbonyl (C=O) groups excluding carboxylic acids is 1. The predicted molar refractivity (Wildman–Crippen MR) is 108 cm³/mol. The highest BCUT2D eigenvalue weighted by atomic mass is 35.5. The number of halogens is 1. The molecule has 8 heteroatoms. The van der Waals surface area contributed by atoms with Crippen LogP contribution in [0.2, 0.25) is 5.02 Å². The standard InChI is InChI=1S/C20H22ClN5O2/c1-28-17-6-5-15(21)12-16(17)22-19(27)13-25-10-7-14(8-11-25)20-24-23-18-4-2-3-9-26(18)20/h2-6,9,12,14H,7-8,10-11,13H2,1H3,(H,22,27). The molecular formula is C20H22ClN5O2. The molecule has 1 aliphatic rings. The van der Waals surface area contributed by atoms with Crippen molar-refractivity contribution < 1.29 is 9.53 Å². The van der Waals surface area contributed by atoms with Crippen molar-refractivity contribution in [2.24, 2.45) is 0 Å². The number of aromatic nitrogens is 3. The molecule has 7 nitrogen and oxygen atoms in total. The van der Waals surface area contributed by atoms with Crippen molar-refractivity contribution in [2.45, 2.75) is 18.8 Å². The Bertz CT molecular complexity index is 982. The number of hydrogen-bond acceptors (Lipinski definition) is 5. The van der Waals surface area contributed by atoms with E-state index in [0.29, 0.717) is 28.9 Å². The van der Waals surface area contributed by atoms with Gasteiger partial charge in [-0.2, -0.15) is 0 Å². The highest BCUT2D eigenvalue weighted by Crippen LogP contribution is 2.29. The molecule has 0 aliphatic carbocycles. The van der Waals surface area contributed by atoms with E-state index in [9.17, 15) is 4.79 Å². The first-order valence-electron chi connectivity index (χ1n) is 9.29. The van der Waals surface area contributed by atoms with Crippen LogP contribution in [-0.4, -0.2) is 52.1 Å². The van der Waals surface area contributed by atoms with E-state index < -0.39 is 0 Å². The Hall–Kier alpha value is -2.64. The van der Waals surface area contributed by atoms with Crippen LogP contribution in [0.5, 0.6) is 5.75 Å². The number of nitrogens with zero attached hydrogens (tertiary/aromatic N) is 4. The zero-order chi connectivity index (χ0) is 19.5. The van der Waals surface area contributed by atoms with E-state index in [0.717, 1.165) is 37.4 Å². The van der Waals surface area contributed by atoms with Crippen LogP contribution in [0.4, 0.5) is 5.69 Å². The van der Waals surface area contributed by atoms with E-state index in [1.807, 2.05) is 24.4 Å². The Kier molecular flexibility index (Phi) is 5.45. The number of nitrogens with one attached hydrogen (secondary N) is 1. The Labute approximate surface area is 168 Å². The van der Waals surface area contributed by atoms with Crippen molar-refractivity contribution >= 4 is 28.8 Å². The van der Waals surface area contributed by atoms with Crippen LogP contribution in [0.25, 0.3) is 5.65 Å². The Balaban J connectivity index is 1.34. The summed E-state index contributed by atoms with van der Waals surface area (Å²) in [7, 11) is 1.57. The molecule has 0 unspecified atom stereocenters. The minimum absolute atomic E-state index is 0.0769. The number of pyridine rings is 1. The van der Waals surface area contributed by atoms with Gasteiger partial charge in [0.2, 0.25) is 5.91 Å². The van der Waals surface area contributed by atoms with E-state index in [-0.39, 0.29) is 5.91 Å². The number of amides is 1. The van der Waals surface area contributed by atoms with Crippen LogP contribution in [0.1, 0.15) is 24.6 Å². The van der Waals surface area contributed by atoms with Gasteiger partial charge in [0.1, 0.15) is 11.6 Å². The lowest BCUT2D eigenvalue weighted by atomic mass is 9.96. The first-order valence-corrected chi connectivity index (χ1v) is 9.67. The summed E-state index contributed by atoms with van der Waals surface area (Å²) in [5, 5.41) is 12.1. The lowest BCUT2D eigenvalue weighted by Gasteiger charge is -2.30. The third-order valence-corrected chi connectivity index (χ3v) is 5.33. The Morgan fingerprint density at radius 3 is 2.86 bits per heavy atom. The monoisotopic (exact) mass is 399 g/mol. The maximum atomic E-state index is 12.5.